The number of carbonyl (C=O) groups excluding carboxylic acids is 1. The van der Waals surface area contributed by atoms with Gasteiger partial charge >= 0.3 is 0 Å². The van der Waals surface area contributed by atoms with Gasteiger partial charge < -0.3 is 15.0 Å². The van der Waals surface area contributed by atoms with Crippen molar-refractivity contribution in [2.24, 2.45) is 0 Å². The van der Waals surface area contributed by atoms with Gasteiger partial charge in [0.15, 0.2) is 0 Å². The molecular formula is C22H21ClFN3O2. The molecule has 4 rings (SSSR count). The number of hydrogen-bond acceptors (Lipinski definition) is 4. The number of benzene rings is 2. The summed E-state index contributed by atoms with van der Waals surface area (Å²) in [7, 11) is 1.59. The number of nitrogens with one attached hydrogen (secondary N) is 1. The fourth-order valence-electron chi connectivity index (χ4n) is 3.53. The number of methoxy groups -OCH3 is 1. The summed E-state index contributed by atoms with van der Waals surface area (Å²) in [4.78, 5) is 19.4. The van der Waals surface area contributed by atoms with Gasteiger partial charge in [-0.3, -0.25) is 4.79 Å². The molecule has 1 fully saturated rings. The van der Waals surface area contributed by atoms with Crippen molar-refractivity contribution < 1.29 is 13.9 Å². The number of anilines is 2. The number of carbonyl (C=O) groups is 1. The van der Waals surface area contributed by atoms with Crippen molar-refractivity contribution in [2.45, 2.75) is 19.3 Å². The van der Waals surface area contributed by atoms with E-state index in [1.807, 2.05) is 23.1 Å². The maximum atomic E-state index is 13.5. The predicted molar refractivity (Wildman–Crippen MR) is 113 cm³/mol. The zero-order chi connectivity index (χ0) is 20.4. The normalized spacial score (nSPS) is 14.1. The van der Waals surface area contributed by atoms with Crippen molar-refractivity contribution in [1.29, 1.82) is 0 Å². The third-order valence-electron chi connectivity index (χ3n) is 5.08. The molecule has 0 unspecified atom stereocenters. The average Bonchev–Trinajstić information content (AvgIpc) is 2.76. The summed E-state index contributed by atoms with van der Waals surface area (Å²) in [6.45, 7) is 1.50. The van der Waals surface area contributed by atoms with Crippen LogP contribution < -0.4 is 10.1 Å². The van der Waals surface area contributed by atoms with Gasteiger partial charge in [0.1, 0.15) is 17.3 Å². The van der Waals surface area contributed by atoms with E-state index < -0.39 is 5.82 Å². The largest absolute Gasteiger partial charge is 0.497 e. The van der Waals surface area contributed by atoms with Gasteiger partial charge in [0.05, 0.1) is 23.3 Å². The highest BCUT2D eigenvalue weighted by Crippen LogP contribution is 2.31. The topological polar surface area (TPSA) is 54.5 Å². The van der Waals surface area contributed by atoms with Gasteiger partial charge in [-0.25, -0.2) is 9.37 Å². The Morgan fingerprint density at radius 3 is 2.66 bits per heavy atom. The summed E-state index contributed by atoms with van der Waals surface area (Å²) in [5.41, 5.74) is 2.34. The second-order valence-corrected chi connectivity index (χ2v) is 7.45. The highest BCUT2D eigenvalue weighted by Gasteiger charge is 2.21. The Bertz CT molecular complexity index is 1070. The molecule has 0 aliphatic carbocycles. The molecule has 1 aliphatic heterocycles. The van der Waals surface area contributed by atoms with Gasteiger partial charge in [-0.05, 0) is 61.7 Å². The minimum absolute atomic E-state index is 0.0237. The number of aromatic nitrogens is 1. The summed E-state index contributed by atoms with van der Waals surface area (Å²) >= 11 is 5.92. The van der Waals surface area contributed by atoms with E-state index in [1.54, 1.807) is 19.2 Å². The van der Waals surface area contributed by atoms with E-state index in [2.05, 4.69) is 10.3 Å². The molecule has 29 heavy (non-hydrogen) atoms. The molecule has 1 saturated heterocycles. The van der Waals surface area contributed by atoms with Crippen LogP contribution in [0.5, 0.6) is 5.75 Å². The van der Waals surface area contributed by atoms with Crippen molar-refractivity contribution >= 4 is 39.8 Å². The predicted octanol–water partition coefficient (Wildman–Crippen LogP) is 5.41. The molecule has 0 radical (unpaired) electrons. The minimum atomic E-state index is -0.487. The van der Waals surface area contributed by atoms with Gasteiger partial charge in [-0.15, -0.1) is 0 Å². The second-order valence-electron chi connectivity index (χ2n) is 7.04. The molecule has 150 valence electrons. The summed E-state index contributed by atoms with van der Waals surface area (Å²) in [5, 5.41) is 4.06. The lowest BCUT2D eigenvalue weighted by atomic mass is 10.1. The number of hydrogen-bond donors (Lipinski definition) is 1. The zero-order valence-electron chi connectivity index (χ0n) is 16.0. The van der Waals surface area contributed by atoms with Crippen LogP contribution in [0.2, 0.25) is 5.02 Å². The van der Waals surface area contributed by atoms with Crippen LogP contribution in [0.4, 0.5) is 15.8 Å². The molecular weight excluding hydrogens is 393 g/mol. The van der Waals surface area contributed by atoms with Crippen LogP contribution in [-0.4, -0.2) is 36.0 Å². The van der Waals surface area contributed by atoms with Crippen LogP contribution in [-0.2, 0) is 0 Å². The van der Waals surface area contributed by atoms with Crippen LogP contribution >= 0.6 is 11.6 Å². The molecule has 1 aromatic heterocycles. The van der Waals surface area contributed by atoms with E-state index in [4.69, 9.17) is 16.3 Å². The SMILES string of the molecule is COc1ccc2nc(C(=O)N3CCCCC3)cc(Nc3ccc(F)c(Cl)c3)c2c1. The summed E-state index contributed by atoms with van der Waals surface area (Å²) in [6.07, 6.45) is 3.16. The first kappa shape index (κ1) is 19.5. The molecule has 0 bridgehead atoms. The van der Waals surface area contributed by atoms with E-state index in [0.29, 0.717) is 28.3 Å². The van der Waals surface area contributed by atoms with Crippen LogP contribution in [0, 0.1) is 5.82 Å². The van der Waals surface area contributed by atoms with E-state index in [-0.39, 0.29) is 10.9 Å². The molecule has 0 atom stereocenters. The lowest BCUT2D eigenvalue weighted by molar-refractivity contribution is 0.0719. The monoisotopic (exact) mass is 413 g/mol. The standard InChI is InChI=1S/C22H21ClFN3O2/c1-29-15-6-8-19-16(12-15)20(25-14-5-7-18(24)17(23)11-14)13-21(26-19)22(28)27-9-3-2-4-10-27/h5-8,11-13H,2-4,9-10H2,1H3,(H,25,26). The van der Waals surface area contributed by atoms with E-state index >= 15 is 0 Å². The number of halogens is 2. The molecule has 7 heteroatoms. The number of fused-ring (bicyclic) bond motifs is 1. The maximum Gasteiger partial charge on any atom is 0.272 e. The Balaban J connectivity index is 1.78. The Hall–Kier alpha value is -2.86. The maximum absolute atomic E-state index is 13.5. The first-order valence-electron chi connectivity index (χ1n) is 9.55. The number of pyridine rings is 1. The molecule has 2 aromatic carbocycles. The number of piperidine rings is 1. The number of likely N-dealkylation sites (tertiary alicyclic amines) is 1. The Morgan fingerprint density at radius 2 is 1.93 bits per heavy atom. The molecule has 0 saturated carbocycles. The van der Waals surface area contributed by atoms with Gasteiger partial charge in [0.25, 0.3) is 5.91 Å². The van der Waals surface area contributed by atoms with E-state index in [0.717, 1.165) is 37.7 Å². The third-order valence-corrected chi connectivity index (χ3v) is 5.37. The lowest BCUT2D eigenvalue weighted by Gasteiger charge is -2.26. The zero-order valence-corrected chi connectivity index (χ0v) is 16.8. The first-order chi connectivity index (χ1) is 14.0. The summed E-state index contributed by atoms with van der Waals surface area (Å²) < 4.78 is 18.9. The van der Waals surface area contributed by atoms with Crippen LogP contribution in [0.25, 0.3) is 10.9 Å². The fourth-order valence-corrected chi connectivity index (χ4v) is 3.71. The smallest absolute Gasteiger partial charge is 0.272 e. The van der Waals surface area contributed by atoms with E-state index in [1.165, 1.54) is 12.1 Å². The number of ether oxygens (including phenoxy) is 1. The summed E-state index contributed by atoms with van der Waals surface area (Å²) in [6, 6.07) is 11.6. The highest BCUT2D eigenvalue weighted by atomic mass is 35.5. The van der Waals surface area contributed by atoms with Gasteiger partial charge in [0, 0.05) is 24.2 Å². The molecule has 1 N–H and O–H groups in total. The van der Waals surface area contributed by atoms with Crippen molar-refractivity contribution in [2.75, 3.05) is 25.5 Å². The summed E-state index contributed by atoms with van der Waals surface area (Å²) in [5.74, 6) is 0.108. The average molecular weight is 414 g/mol. The van der Waals surface area contributed by atoms with Crippen molar-refractivity contribution in [3.63, 3.8) is 0 Å². The lowest BCUT2D eigenvalue weighted by Crippen LogP contribution is -2.36. The molecule has 3 aromatic rings. The third kappa shape index (κ3) is 4.12. The highest BCUT2D eigenvalue weighted by molar-refractivity contribution is 6.31. The quantitative estimate of drug-likeness (QED) is 0.621. The first-order valence-corrected chi connectivity index (χ1v) is 9.93. The number of amides is 1. The van der Waals surface area contributed by atoms with Crippen LogP contribution in [0.15, 0.2) is 42.5 Å². The van der Waals surface area contributed by atoms with Crippen LogP contribution in [0.1, 0.15) is 29.8 Å². The number of rotatable bonds is 4. The Kier molecular flexibility index (Phi) is 5.53. The van der Waals surface area contributed by atoms with Gasteiger partial charge in [-0.1, -0.05) is 11.6 Å². The molecule has 1 aliphatic rings. The van der Waals surface area contributed by atoms with Crippen molar-refractivity contribution in [1.82, 2.24) is 9.88 Å². The Morgan fingerprint density at radius 1 is 1.14 bits per heavy atom. The molecule has 0 spiro atoms. The van der Waals surface area contributed by atoms with Crippen molar-refractivity contribution in [3.05, 3.63) is 59.0 Å². The second kappa shape index (κ2) is 8.25. The molecule has 5 nitrogen and oxygen atoms in total. The fraction of sp³-hybridized carbons (Fsp3) is 0.273. The molecule has 2 heterocycles. The van der Waals surface area contributed by atoms with Crippen LogP contribution in [0.3, 0.4) is 0 Å². The van der Waals surface area contributed by atoms with Gasteiger partial charge in [-0.2, -0.15) is 0 Å². The van der Waals surface area contributed by atoms with Crippen molar-refractivity contribution in [3.8, 4) is 5.75 Å². The Labute approximate surface area is 173 Å². The number of nitrogens with zero attached hydrogens (tertiary/aromatic N) is 2. The molecule has 1 amide bonds. The van der Waals surface area contributed by atoms with E-state index in [9.17, 15) is 9.18 Å². The van der Waals surface area contributed by atoms with Gasteiger partial charge in [0.2, 0.25) is 0 Å². The minimum Gasteiger partial charge on any atom is -0.497 e.